The summed E-state index contributed by atoms with van der Waals surface area (Å²) in [6.45, 7) is 2.35. The molecular weight excluding hydrogens is 488 g/mol. The Morgan fingerprint density at radius 1 is 1.16 bits per heavy atom. The maximum absolute atomic E-state index is 14.8. The summed E-state index contributed by atoms with van der Waals surface area (Å²) in [4.78, 5) is 29.8. The zero-order chi connectivity index (χ0) is 26.3. The van der Waals surface area contributed by atoms with E-state index in [0.717, 1.165) is 31.0 Å². The van der Waals surface area contributed by atoms with Gasteiger partial charge in [0.15, 0.2) is 0 Å². The molecule has 1 amide bonds. The van der Waals surface area contributed by atoms with Crippen LogP contribution < -0.4 is 16.2 Å². The zero-order valence-electron chi connectivity index (χ0n) is 20.3. The van der Waals surface area contributed by atoms with Gasteiger partial charge in [-0.25, -0.2) is 4.39 Å². The molecule has 10 heteroatoms. The number of halogens is 4. The summed E-state index contributed by atoms with van der Waals surface area (Å²) in [6, 6.07) is 8.12. The Morgan fingerprint density at radius 3 is 2.65 bits per heavy atom. The molecule has 1 aliphatic heterocycles. The van der Waals surface area contributed by atoms with E-state index in [9.17, 15) is 27.2 Å². The highest BCUT2D eigenvalue weighted by Crippen LogP contribution is 2.35. The number of benzene rings is 2. The number of rotatable bonds is 6. The highest BCUT2D eigenvalue weighted by Gasteiger charge is 2.33. The molecule has 1 atom stereocenters. The van der Waals surface area contributed by atoms with Gasteiger partial charge in [0.25, 0.3) is 5.56 Å². The van der Waals surface area contributed by atoms with Crippen LogP contribution >= 0.6 is 0 Å². The van der Waals surface area contributed by atoms with E-state index in [-0.39, 0.29) is 35.6 Å². The minimum atomic E-state index is -4.42. The van der Waals surface area contributed by atoms with Crippen LogP contribution in [0.25, 0.3) is 10.8 Å². The second-order valence-electron chi connectivity index (χ2n) is 9.83. The standard InChI is InChI=1S/C27H28F4N4O2/c1-15-21-6-5-18(27(29,30)31)9-16(21)7-8-35(15)25(36)14-33-24-11-17-10-20(13-32-19-3-2-4-19)34-26(37)22(17)12-23(24)28/h5-6,9-12,15,19,32-33H,2-4,7-8,13-14H2,1H3,(H,34,37)/t15-/m0/s1. The molecule has 1 aliphatic carbocycles. The number of aromatic amines is 1. The smallest absolute Gasteiger partial charge is 0.374 e. The molecule has 3 N–H and O–H groups in total. The van der Waals surface area contributed by atoms with Crippen LogP contribution in [0.2, 0.25) is 0 Å². The first-order chi connectivity index (χ1) is 17.6. The van der Waals surface area contributed by atoms with E-state index >= 15 is 0 Å². The highest BCUT2D eigenvalue weighted by molar-refractivity contribution is 5.87. The molecule has 196 valence electrons. The molecule has 3 aromatic rings. The summed E-state index contributed by atoms with van der Waals surface area (Å²) in [5.74, 6) is -0.947. The van der Waals surface area contributed by atoms with Crippen molar-refractivity contribution in [3.8, 4) is 0 Å². The summed E-state index contributed by atoms with van der Waals surface area (Å²) in [7, 11) is 0. The van der Waals surface area contributed by atoms with Gasteiger partial charge in [-0.2, -0.15) is 13.2 Å². The SMILES string of the molecule is C[C@H]1c2ccc(C(F)(F)F)cc2CCN1C(=O)CNc1cc2cc(CNC3CCC3)[nH]c(=O)c2cc1F. The van der Waals surface area contributed by atoms with Gasteiger partial charge in [0.2, 0.25) is 5.91 Å². The fraction of sp³-hybridized carbons (Fsp3) is 0.407. The summed E-state index contributed by atoms with van der Waals surface area (Å²) in [5.41, 5.74) is 0.975. The van der Waals surface area contributed by atoms with E-state index in [1.54, 1.807) is 17.9 Å². The highest BCUT2D eigenvalue weighted by atomic mass is 19.4. The quantitative estimate of drug-likeness (QED) is 0.408. The second kappa shape index (κ2) is 9.81. The lowest BCUT2D eigenvalue weighted by atomic mass is 9.91. The van der Waals surface area contributed by atoms with Crippen LogP contribution in [-0.2, 0) is 23.9 Å². The van der Waals surface area contributed by atoms with Crippen LogP contribution in [-0.4, -0.2) is 34.9 Å². The van der Waals surface area contributed by atoms with Crippen LogP contribution in [0.4, 0.5) is 23.2 Å². The third kappa shape index (κ3) is 5.20. The predicted molar refractivity (Wildman–Crippen MR) is 133 cm³/mol. The Balaban J connectivity index is 1.28. The Labute approximate surface area is 211 Å². The summed E-state index contributed by atoms with van der Waals surface area (Å²) in [6.07, 6.45) is -0.694. The monoisotopic (exact) mass is 516 g/mol. The maximum Gasteiger partial charge on any atom is 0.416 e. The summed E-state index contributed by atoms with van der Waals surface area (Å²) in [5, 5.41) is 7.01. The largest absolute Gasteiger partial charge is 0.416 e. The van der Waals surface area contributed by atoms with Crippen LogP contribution in [0, 0.1) is 5.82 Å². The van der Waals surface area contributed by atoms with Gasteiger partial charge >= 0.3 is 6.18 Å². The fourth-order valence-electron chi connectivity index (χ4n) is 5.06. The van der Waals surface area contributed by atoms with Crippen molar-refractivity contribution in [3.63, 3.8) is 0 Å². The lowest BCUT2D eigenvalue weighted by molar-refractivity contribution is -0.138. The van der Waals surface area contributed by atoms with Gasteiger partial charge in [-0.1, -0.05) is 12.5 Å². The predicted octanol–water partition coefficient (Wildman–Crippen LogP) is 4.89. The third-order valence-electron chi connectivity index (χ3n) is 7.43. The number of fused-ring (bicyclic) bond motifs is 2. The first-order valence-electron chi connectivity index (χ1n) is 12.4. The molecule has 6 nitrogen and oxygen atoms in total. The van der Waals surface area contributed by atoms with Crippen molar-refractivity contribution in [2.24, 2.45) is 0 Å². The van der Waals surface area contributed by atoms with Crippen molar-refractivity contribution in [1.29, 1.82) is 0 Å². The Morgan fingerprint density at radius 2 is 1.95 bits per heavy atom. The number of amides is 1. The molecule has 2 aromatic carbocycles. The number of H-pyrrole nitrogens is 1. The minimum absolute atomic E-state index is 0.101. The Bertz CT molecular complexity index is 1400. The number of carbonyl (C=O) groups is 1. The van der Waals surface area contributed by atoms with Crippen LogP contribution in [0.3, 0.4) is 0 Å². The van der Waals surface area contributed by atoms with Crippen LogP contribution in [0.1, 0.15) is 54.6 Å². The zero-order valence-corrected chi connectivity index (χ0v) is 20.3. The van der Waals surface area contributed by atoms with E-state index in [4.69, 9.17) is 0 Å². The van der Waals surface area contributed by atoms with Gasteiger partial charge in [-0.15, -0.1) is 0 Å². The molecule has 5 rings (SSSR count). The number of carbonyl (C=O) groups excluding carboxylic acids is 1. The molecule has 2 aliphatic rings. The lowest BCUT2D eigenvalue weighted by Crippen LogP contribution is -2.41. The third-order valence-corrected chi connectivity index (χ3v) is 7.43. The van der Waals surface area contributed by atoms with Crippen molar-refractivity contribution < 1.29 is 22.4 Å². The topological polar surface area (TPSA) is 77.2 Å². The Kier molecular flexibility index (Phi) is 6.70. The molecule has 0 spiro atoms. The van der Waals surface area contributed by atoms with E-state index < -0.39 is 23.6 Å². The van der Waals surface area contributed by atoms with Gasteiger partial charge in [0, 0.05) is 24.8 Å². The van der Waals surface area contributed by atoms with Crippen LogP contribution in [0.5, 0.6) is 0 Å². The van der Waals surface area contributed by atoms with E-state index in [1.807, 2.05) is 0 Å². The molecule has 1 saturated carbocycles. The molecule has 1 fully saturated rings. The molecule has 1 aromatic heterocycles. The van der Waals surface area contributed by atoms with Gasteiger partial charge in [-0.3, -0.25) is 9.59 Å². The molecule has 0 radical (unpaired) electrons. The number of aromatic nitrogens is 1. The van der Waals surface area contributed by atoms with E-state index in [2.05, 4.69) is 15.6 Å². The minimum Gasteiger partial charge on any atom is -0.374 e. The first kappa shape index (κ1) is 25.3. The summed E-state index contributed by atoms with van der Waals surface area (Å²) >= 11 is 0. The Hall–Kier alpha value is -3.40. The number of nitrogens with zero attached hydrogens (tertiary/aromatic N) is 1. The number of nitrogens with one attached hydrogen (secondary N) is 3. The van der Waals surface area contributed by atoms with E-state index in [0.29, 0.717) is 41.2 Å². The van der Waals surface area contributed by atoms with Gasteiger partial charge < -0.3 is 20.5 Å². The second-order valence-corrected chi connectivity index (χ2v) is 9.83. The number of pyridine rings is 1. The molecule has 0 unspecified atom stereocenters. The van der Waals surface area contributed by atoms with Gasteiger partial charge in [-0.05, 0) is 73.0 Å². The van der Waals surface area contributed by atoms with Crippen LogP contribution in [0.15, 0.2) is 41.2 Å². The van der Waals surface area contributed by atoms with Crippen molar-refractivity contribution in [2.45, 2.75) is 57.4 Å². The van der Waals surface area contributed by atoms with Gasteiger partial charge in [0.05, 0.1) is 29.2 Å². The van der Waals surface area contributed by atoms with Gasteiger partial charge in [0.1, 0.15) is 5.82 Å². The number of hydrogen-bond acceptors (Lipinski definition) is 4. The maximum atomic E-state index is 14.8. The molecule has 37 heavy (non-hydrogen) atoms. The lowest BCUT2D eigenvalue weighted by Gasteiger charge is -2.35. The molecular formula is C27H28F4N4O2. The van der Waals surface area contributed by atoms with E-state index in [1.165, 1.54) is 18.6 Å². The van der Waals surface area contributed by atoms with Crippen molar-refractivity contribution in [3.05, 3.63) is 75.0 Å². The number of hydrogen-bond donors (Lipinski definition) is 3. The fourth-order valence-corrected chi connectivity index (χ4v) is 5.06. The average molecular weight is 517 g/mol. The van der Waals surface area contributed by atoms with Crippen molar-refractivity contribution >= 4 is 22.4 Å². The molecule has 0 saturated heterocycles. The molecule has 0 bridgehead atoms. The summed E-state index contributed by atoms with van der Waals surface area (Å²) < 4.78 is 53.9. The number of alkyl halides is 3. The first-order valence-corrected chi connectivity index (χ1v) is 12.4. The number of anilines is 1. The average Bonchev–Trinajstić information content (AvgIpc) is 2.81. The van der Waals surface area contributed by atoms with Crippen molar-refractivity contribution in [1.82, 2.24) is 15.2 Å². The normalized spacial score (nSPS) is 18.0. The molecule has 2 heterocycles. The van der Waals surface area contributed by atoms with Crippen molar-refractivity contribution in [2.75, 3.05) is 18.4 Å².